The molecule has 0 bridgehead atoms. The van der Waals surface area contributed by atoms with Crippen molar-refractivity contribution in [3.63, 3.8) is 0 Å². The molecule has 1 aliphatic heterocycles. The van der Waals surface area contributed by atoms with Crippen molar-refractivity contribution >= 4 is 6.29 Å². The van der Waals surface area contributed by atoms with Gasteiger partial charge in [-0.2, -0.15) is 0 Å². The molecule has 10 heteroatoms. The van der Waals surface area contributed by atoms with Crippen LogP contribution in [0.4, 0.5) is 0 Å². The van der Waals surface area contributed by atoms with Gasteiger partial charge in [0.15, 0.2) is 0 Å². The minimum Gasteiger partial charge on any atom is -0.378 e. The first-order valence-electron chi connectivity index (χ1n) is 12.8. The highest BCUT2D eigenvalue weighted by molar-refractivity contribution is 5.74. The lowest BCUT2D eigenvalue weighted by molar-refractivity contribution is -0.0223. The molecule has 0 saturated carbocycles. The molecule has 0 radical (unpaired) electrons. The Morgan fingerprint density at radius 2 is 0.806 bits per heavy atom. The van der Waals surface area contributed by atoms with E-state index in [0.717, 1.165) is 31.5 Å². The Balaban J connectivity index is 1.70. The van der Waals surface area contributed by atoms with Crippen LogP contribution in [0.2, 0.25) is 0 Å². The van der Waals surface area contributed by atoms with E-state index in [9.17, 15) is 4.79 Å². The van der Waals surface area contributed by atoms with Crippen LogP contribution in [0.3, 0.4) is 0 Å². The first-order valence-corrected chi connectivity index (χ1v) is 12.8. The average Bonchev–Trinajstić information content (AvgIpc) is 2.90. The van der Waals surface area contributed by atoms with E-state index in [1.165, 1.54) is 0 Å². The molecule has 0 atom stereocenters. The number of carbonyl (C=O) groups is 1. The van der Waals surface area contributed by atoms with Gasteiger partial charge in [-0.15, -0.1) is 0 Å². The Hall–Kier alpha value is -1.47. The van der Waals surface area contributed by atoms with Crippen LogP contribution in [-0.2, 0) is 44.4 Å². The maximum atomic E-state index is 10.9. The lowest BCUT2D eigenvalue weighted by atomic mass is 10.1. The lowest BCUT2D eigenvalue weighted by Gasteiger charge is -2.22. The Bertz CT molecular complexity index is 604. The van der Waals surface area contributed by atoms with E-state index in [4.69, 9.17) is 37.9 Å². The van der Waals surface area contributed by atoms with E-state index in [-0.39, 0.29) is 0 Å². The van der Waals surface area contributed by atoms with Gasteiger partial charge in [-0.25, -0.2) is 0 Å². The maximum absolute atomic E-state index is 10.9. The fourth-order valence-electron chi connectivity index (χ4n) is 3.26. The van der Waals surface area contributed by atoms with Gasteiger partial charge in [-0.1, -0.05) is 24.3 Å². The number of aldehydes is 1. The summed E-state index contributed by atoms with van der Waals surface area (Å²) in [5.41, 5.74) is 1.81. The van der Waals surface area contributed by atoms with Crippen molar-refractivity contribution in [1.29, 1.82) is 0 Å². The van der Waals surface area contributed by atoms with Crippen molar-refractivity contribution in [3.8, 4) is 0 Å². The fraction of sp³-hybridized carbons (Fsp3) is 0.731. The molecule has 2 rings (SSSR count). The van der Waals surface area contributed by atoms with Crippen molar-refractivity contribution in [2.75, 3.05) is 119 Å². The molecule has 0 unspecified atom stereocenters. The minimum atomic E-state index is 0.524. The van der Waals surface area contributed by atoms with Gasteiger partial charge >= 0.3 is 0 Å². The number of nitrogens with zero attached hydrogens (tertiary/aromatic N) is 1. The normalized spacial score (nSPS) is 21.3. The third kappa shape index (κ3) is 17.1. The summed E-state index contributed by atoms with van der Waals surface area (Å²) in [6, 6.07) is 7.63. The predicted octanol–water partition coefficient (Wildman–Crippen LogP) is 1.45. The Labute approximate surface area is 215 Å². The van der Waals surface area contributed by atoms with Gasteiger partial charge in [0.05, 0.1) is 106 Å². The summed E-state index contributed by atoms with van der Waals surface area (Å²) in [7, 11) is 0. The molecule has 0 aromatic heterocycles. The van der Waals surface area contributed by atoms with Crippen LogP contribution >= 0.6 is 0 Å². The number of carbonyl (C=O) groups excluding carboxylic acids is 1. The quantitative estimate of drug-likeness (QED) is 0.553. The van der Waals surface area contributed by atoms with Gasteiger partial charge in [0, 0.05) is 25.2 Å². The molecule has 1 aliphatic rings. The fourth-order valence-corrected chi connectivity index (χ4v) is 3.26. The molecular formula is C26H43NO9. The van der Waals surface area contributed by atoms with Gasteiger partial charge in [-0.05, 0) is 5.56 Å². The summed E-state index contributed by atoms with van der Waals surface area (Å²) in [5.74, 6) is 0. The Morgan fingerprint density at radius 1 is 0.500 bits per heavy atom. The van der Waals surface area contributed by atoms with E-state index in [1.807, 2.05) is 24.3 Å². The number of benzene rings is 1. The van der Waals surface area contributed by atoms with E-state index < -0.39 is 0 Å². The van der Waals surface area contributed by atoms with Crippen molar-refractivity contribution in [3.05, 3.63) is 35.4 Å². The van der Waals surface area contributed by atoms with Gasteiger partial charge in [-0.3, -0.25) is 9.69 Å². The second-order valence-corrected chi connectivity index (χ2v) is 8.03. The SMILES string of the molecule is O=Cc1ccc(CN2CCOCCOCCOCCOCCOCCOCCOCCOCC2)cc1. The molecule has 1 aromatic carbocycles. The second kappa shape index (κ2) is 22.7. The summed E-state index contributed by atoms with van der Waals surface area (Å²) in [6.07, 6.45) is 0.855. The first-order chi connectivity index (χ1) is 17.9. The molecule has 1 fully saturated rings. The van der Waals surface area contributed by atoms with Crippen molar-refractivity contribution in [2.45, 2.75) is 6.54 Å². The van der Waals surface area contributed by atoms with Gasteiger partial charge in [0.25, 0.3) is 0 Å². The van der Waals surface area contributed by atoms with Gasteiger partial charge < -0.3 is 37.9 Å². The number of ether oxygens (including phenoxy) is 8. The summed E-state index contributed by atoms with van der Waals surface area (Å²) >= 11 is 0. The van der Waals surface area contributed by atoms with E-state index in [0.29, 0.717) is 111 Å². The third-order valence-corrected chi connectivity index (χ3v) is 5.23. The highest BCUT2D eigenvalue weighted by Gasteiger charge is 2.07. The van der Waals surface area contributed by atoms with Crippen LogP contribution in [-0.4, -0.2) is 130 Å². The van der Waals surface area contributed by atoms with Gasteiger partial charge in [0.1, 0.15) is 6.29 Å². The predicted molar refractivity (Wildman–Crippen MR) is 134 cm³/mol. The summed E-state index contributed by atoms with van der Waals surface area (Å²) in [4.78, 5) is 13.2. The highest BCUT2D eigenvalue weighted by atomic mass is 16.6. The molecule has 36 heavy (non-hydrogen) atoms. The monoisotopic (exact) mass is 513 g/mol. The molecule has 10 nitrogen and oxygen atoms in total. The van der Waals surface area contributed by atoms with Crippen LogP contribution < -0.4 is 0 Å². The number of hydrogen-bond donors (Lipinski definition) is 0. The van der Waals surface area contributed by atoms with Crippen molar-refractivity contribution < 1.29 is 42.7 Å². The summed E-state index contributed by atoms with van der Waals surface area (Å²) in [5, 5.41) is 0. The van der Waals surface area contributed by atoms with Crippen LogP contribution in [0.1, 0.15) is 15.9 Å². The smallest absolute Gasteiger partial charge is 0.150 e. The zero-order chi connectivity index (χ0) is 25.4. The zero-order valence-corrected chi connectivity index (χ0v) is 21.4. The number of hydrogen-bond acceptors (Lipinski definition) is 10. The standard InChI is InChI=1S/C26H43NO9/c28-24-26-3-1-25(2-4-26)23-27-5-7-29-9-11-31-13-15-33-17-19-35-21-22-36-20-18-34-16-14-32-12-10-30-8-6-27/h1-4,24H,5-23H2. The Kier molecular flexibility index (Phi) is 19.4. The number of rotatable bonds is 3. The Morgan fingerprint density at radius 3 is 1.11 bits per heavy atom. The van der Waals surface area contributed by atoms with Crippen LogP contribution in [0.15, 0.2) is 24.3 Å². The lowest BCUT2D eigenvalue weighted by Crippen LogP contribution is -2.31. The molecule has 0 aliphatic carbocycles. The largest absolute Gasteiger partial charge is 0.378 e. The van der Waals surface area contributed by atoms with E-state index >= 15 is 0 Å². The molecule has 1 aromatic rings. The average molecular weight is 514 g/mol. The summed E-state index contributed by atoms with van der Waals surface area (Å²) in [6.45, 7) is 10.9. The minimum absolute atomic E-state index is 0.524. The molecule has 206 valence electrons. The molecule has 1 heterocycles. The topological polar surface area (TPSA) is 94.2 Å². The molecule has 1 saturated heterocycles. The zero-order valence-electron chi connectivity index (χ0n) is 21.4. The molecule has 0 amide bonds. The molecular weight excluding hydrogens is 470 g/mol. The van der Waals surface area contributed by atoms with Crippen molar-refractivity contribution in [2.24, 2.45) is 0 Å². The van der Waals surface area contributed by atoms with Crippen LogP contribution in [0, 0.1) is 0 Å². The highest BCUT2D eigenvalue weighted by Crippen LogP contribution is 2.07. The van der Waals surface area contributed by atoms with Crippen molar-refractivity contribution in [1.82, 2.24) is 4.90 Å². The van der Waals surface area contributed by atoms with Gasteiger partial charge in [0.2, 0.25) is 0 Å². The van der Waals surface area contributed by atoms with Crippen LogP contribution in [0.25, 0.3) is 0 Å². The second-order valence-electron chi connectivity index (χ2n) is 8.03. The third-order valence-electron chi connectivity index (χ3n) is 5.23. The van der Waals surface area contributed by atoms with E-state index in [2.05, 4.69) is 4.90 Å². The van der Waals surface area contributed by atoms with E-state index in [1.54, 1.807) is 0 Å². The summed E-state index contributed by atoms with van der Waals surface area (Å²) < 4.78 is 44.5. The molecule has 0 N–H and O–H groups in total. The first kappa shape index (κ1) is 30.8. The van der Waals surface area contributed by atoms with Crippen LogP contribution in [0.5, 0.6) is 0 Å². The maximum Gasteiger partial charge on any atom is 0.150 e. The molecule has 0 spiro atoms.